The fourth-order valence-electron chi connectivity index (χ4n) is 3.27. The van der Waals surface area contributed by atoms with Gasteiger partial charge in [-0.15, -0.1) is 0 Å². The summed E-state index contributed by atoms with van der Waals surface area (Å²) in [6.45, 7) is 0.873. The highest BCUT2D eigenvalue weighted by Crippen LogP contribution is 2.26. The lowest BCUT2D eigenvalue weighted by molar-refractivity contribution is 0.391. The molecule has 142 valence electrons. The first-order valence-electron chi connectivity index (χ1n) is 9.03. The van der Waals surface area contributed by atoms with Crippen LogP contribution in [0.5, 0.6) is 5.75 Å². The lowest BCUT2D eigenvalue weighted by Gasteiger charge is -2.28. The van der Waals surface area contributed by atoms with E-state index in [-0.39, 0.29) is 10.6 Å². The Bertz CT molecular complexity index is 1120. The molecular weight excluding hydrogens is 372 g/mol. The monoisotopic (exact) mass is 392 g/mol. The molecule has 0 aromatic heterocycles. The van der Waals surface area contributed by atoms with Crippen molar-refractivity contribution in [2.75, 3.05) is 6.54 Å². The minimum atomic E-state index is -3.55. The molecule has 0 saturated heterocycles. The lowest BCUT2D eigenvalue weighted by atomic mass is 10.0. The summed E-state index contributed by atoms with van der Waals surface area (Å²) < 4.78 is 27.5. The fourth-order valence-corrected chi connectivity index (χ4v) is 4.69. The number of hydrogen-bond acceptors (Lipinski definition) is 4. The van der Waals surface area contributed by atoms with Crippen molar-refractivity contribution in [3.05, 3.63) is 89.5 Å². The molecule has 0 aliphatic carbocycles. The number of aliphatic imine (C=N–C) groups is 1. The first kappa shape index (κ1) is 18.4. The summed E-state index contributed by atoms with van der Waals surface area (Å²) in [4.78, 5) is 4.57. The molecule has 0 amide bonds. The molecule has 3 aromatic rings. The zero-order valence-corrected chi connectivity index (χ0v) is 16.0. The van der Waals surface area contributed by atoms with Crippen LogP contribution in [-0.4, -0.2) is 30.6 Å². The highest BCUT2D eigenvalue weighted by molar-refractivity contribution is 7.89. The Hall–Kier alpha value is -2.96. The van der Waals surface area contributed by atoms with Gasteiger partial charge in [-0.25, -0.2) is 8.42 Å². The summed E-state index contributed by atoms with van der Waals surface area (Å²) in [6, 6.07) is 21.3. The molecular formula is C22H20N2O3S. The zero-order chi connectivity index (χ0) is 19.6. The van der Waals surface area contributed by atoms with Crippen LogP contribution in [0.2, 0.25) is 0 Å². The van der Waals surface area contributed by atoms with Gasteiger partial charge >= 0.3 is 0 Å². The number of fused-ring (bicyclic) bond motifs is 1. The first-order chi connectivity index (χ1) is 13.5. The van der Waals surface area contributed by atoms with E-state index in [2.05, 4.69) is 11.1 Å². The Labute approximate surface area is 164 Å². The quantitative estimate of drug-likeness (QED) is 0.685. The molecule has 1 aliphatic heterocycles. The number of para-hydroxylation sites is 1. The van der Waals surface area contributed by atoms with E-state index >= 15 is 0 Å². The van der Waals surface area contributed by atoms with Crippen LogP contribution in [0, 0.1) is 0 Å². The molecule has 4 rings (SSSR count). The molecule has 0 unspecified atom stereocenters. The third-order valence-electron chi connectivity index (χ3n) is 4.86. The molecule has 0 saturated carbocycles. The van der Waals surface area contributed by atoms with Crippen molar-refractivity contribution in [3.63, 3.8) is 0 Å². The predicted molar refractivity (Wildman–Crippen MR) is 110 cm³/mol. The van der Waals surface area contributed by atoms with Gasteiger partial charge in [0.15, 0.2) is 0 Å². The van der Waals surface area contributed by atoms with Crippen LogP contribution < -0.4 is 0 Å². The maximum Gasteiger partial charge on any atom is 0.243 e. The summed E-state index contributed by atoms with van der Waals surface area (Å²) in [5.41, 5.74) is 3.49. The molecule has 0 atom stereocenters. The van der Waals surface area contributed by atoms with Crippen molar-refractivity contribution in [3.8, 4) is 5.75 Å². The lowest BCUT2D eigenvalue weighted by Crippen LogP contribution is -2.35. The third kappa shape index (κ3) is 3.69. The van der Waals surface area contributed by atoms with Crippen molar-refractivity contribution in [2.45, 2.75) is 17.9 Å². The topological polar surface area (TPSA) is 70.0 Å². The van der Waals surface area contributed by atoms with Gasteiger partial charge in [-0.05, 0) is 53.9 Å². The van der Waals surface area contributed by atoms with Crippen LogP contribution in [0.25, 0.3) is 0 Å². The maximum atomic E-state index is 13.0. The number of nitrogens with zero attached hydrogens (tertiary/aromatic N) is 2. The van der Waals surface area contributed by atoms with Gasteiger partial charge in [0, 0.05) is 24.9 Å². The molecule has 0 radical (unpaired) electrons. The predicted octanol–water partition coefficient (Wildman–Crippen LogP) is 3.89. The van der Waals surface area contributed by atoms with E-state index in [9.17, 15) is 13.5 Å². The van der Waals surface area contributed by atoms with E-state index in [1.54, 1.807) is 48.7 Å². The molecule has 1 heterocycles. The summed E-state index contributed by atoms with van der Waals surface area (Å²) in [5, 5.41) is 9.78. The van der Waals surface area contributed by atoms with E-state index in [1.807, 2.05) is 24.3 Å². The average molecular weight is 392 g/mol. The van der Waals surface area contributed by atoms with E-state index in [0.717, 1.165) is 12.0 Å². The molecule has 0 spiro atoms. The molecule has 6 heteroatoms. The van der Waals surface area contributed by atoms with Gasteiger partial charge in [-0.1, -0.05) is 36.4 Å². The highest BCUT2D eigenvalue weighted by Gasteiger charge is 2.27. The van der Waals surface area contributed by atoms with Crippen LogP contribution in [-0.2, 0) is 23.0 Å². The Balaban J connectivity index is 1.53. The Kier molecular flexibility index (Phi) is 4.98. The van der Waals surface area contributed by atoms with Crippen LogP contribution in [0.15, 0.2) is 82.7 Å². The van der Waals surface area contributed by atoms with Crippen molar-refractivity contribution in [1.82, 2.24) is 4.31 Å². The van der Waals surface area contributed by atoms with Crippen molar-refractivity contribution in [1.29, 1.82) is 0 Å². The number of aromatic hydroxyl groups is 1. The molecule has 1 aliphatic rings. The summed E-state index contributed by atoms with van der Waals surface area (Å²) in [7, 11) is -3.55. The first-order valence-corrected chi connectivity index (χ1v) is 10.5. The van der Waals surface area contributed by atoms with Crippen LogP contribution in [0.4, 0.5) is 5.69 Å². The summed E-state index contributed by atoms with van der Waals surface area (Å²) in [5.74, 6) is 0.149. The van der Waals surface area contributed by atoms with Crippen LogP contribution in [0.3, 0.4) is 0 Å². The van der Waals surface area contributed by atoms with Gasteiger partial charge in [0.1, 0.15) is 5.75 Å². The Morgan fingerprint density at radius 3 is 2.32 bits per heavy atom. The molecule has 0 fully saturated rings. The number of phenols is 1. The molecule has 3 aromatic carbocycles. The largest absolute Gasteiger partial charge is 0.507 e. The Morgan fingerprint density at radius 2 is 1.57 bits per heavy atom. The van der Waals surface area contributed by atoms with E-state index in [1.165, 1.54) is 9.87 Å². The second kappa shape index (κ2) is 7.58. The summed E-state index contributed by atoms with van der Waals surface area (Å²) in [6.07, 6.45) is 2.28. The molecule has 0 bridgehead atoms. The molecule has 1 N–H and O–H groups in total. The highest BCUT2D eigenvalue weighted by atomic mass is 32.2. The van der Waals surface area contributed by atoms with Gasteiger partial charge in [-0.2, -0.15) is 4.31 Å². The average Bonchev–Trinajstić information content (AvgIpc) is 2.73. The smallest absolute Gasteiger partial charge is 0.243 e. The maximum absolute atomic E-state index is 13.0. The number of rotatable bonds is 4. The minimum Gasteiger partial charge on any atom is -0.507 e. The van der Waals surface area contributed by atoms with E-state index < -0.39 is 10.0 Å². The number of benzene rings is 3. The standard InChI is InChI=1S/C22H20N2O3S/c25-22-8-4-3-6-18(22)15-23-20-9-11-21(12-10-20)28(26,27)24-14-13-17-5-1-2-7-19(17)16-24/h1-12,15,25H,13-14,16H2. The van der Waals surface area contributed by atoms with Crippen molar-refractivity contribution in [2.24, 2.45) is 4.99 Å². The number of phenolic OH excluding ortho intramolecular Hbond substituents is 1. The zero-order valence-electron chi connectivity index (χ0n) is 15.2. The number of hydrogen-bond donors (Lipinski definition) is 1. The van der Waals surface area contributed by atoms with Crippen molar-refractivity contribution < 1.29 is 13.5 Å². The Morgan fingerprint density at radius 1 is 0.893 bits per heavy atom. The van der Waals surface area contributed by atoms with E-state index in [4.69, 9.17) is 0 Å². The van der Waals surface area contributed by atoms with Crippen LogP contribution in [0.1, 0.15) is 16.7 Å². The second-order valence-electron chi connectivity index (χ2n) is 6.67. The minimum absolute atomic E-state index is 0.149. The fraction of sp³-hybridized carbons (Fsp3) is 0.136. The molecule has 5 nitrogen and oxygen atoms in total. The van der Waals surface area contributed by atoms with Gasteiger partial charge in [0.05, 0.1) is 10.6 Å². The van der Waals surface area contributed by atoms with Crippen LogP contribution >= 0.6 is 0 Å². The number of sulfonamides is 1. The van der Waals surface area contributed by atoms with Gasteiger partial charge in [0.2, 0.25) is 10.0 Å². The third-order valence-corrected chi connectivity index (χ3v) is 6.72. The normalized spacial score (nSPS) is 14.9. The van der Waals surface area contributed by atoms with Gasteiger partial charge in [-0.3, -0.25) is 4.99 Å². The van der Waals surface area contributed by atoms with Crippen molar-refractivity contribution >= 4 is 21.9 Å². The second-order valence-corrected chi connectivity index (χ2v) is 8.61. The van der Waals surface area contributed by atoms with E-state index in [0.29, 0.717) is 24.3 Å². The summed E-state index contributed by atoms with van der Waals surface area (Å²) >= 11 is 0. The van der Waals surface area contributed by atoms with Gasteiger partial charge in [0.25, 0.3) is 0 Å². The molecule has 28 heavy (non-hydrogen) atoms. The van der Waals surface area contributed by atoms with Gasteiger partial charge < -0.3 is 5.11 Å². The SMILES string of the molecule is O=S(=O)(c1ccc(N=Cc2ccccc2O)cc1)N1CCc2ccccc2C1.